The van der Waals surface area contributed by atoms with Gasteiger partial charge in [0.25, 0.3) is 0 Å². The van der Waals surface area contributed by atoms with Crippen LogP contribution in [0.25, 0.3) is 11.0 Å². The quantitative estimate of drug-likeness (QED) is 0.756. The lowest BCUT2D eigenvalue weighted by molar-refractivity contribution is -0.134. The molecular formula is C20H23N5O2. The number of fused-ring (bicyclic) bond motifs is 1. The molecule has 7 heteroatoms. The topological polar surface area (TPSA) is 72.2 Å². The first-order chi connectivity index (χ1) is 13.2. The van der Waals surface area contributed by atoms with Gasteiger partial charge in [0.05, 0.1) is 17.1 Å². The van der Waals surface area contributed by atoms with Crippen molar-refractivity contribution in [3.05, 3.63) is 64.8 Å². The van der Waals surface area contributed by atoms with E-state index in [1.165, 1.54) is 0 Å². The van der Waals surface area contributed by atoms with E-state index in [-0.39, 0.29) is 17.6 Å². The zero-order valence-corrected chi connectivity index (χ0v) is 15.3. The molecule has 0 spiro atoms. The lowest BCUT2D eigenvalue weighted by Crippen LogP contribution is -2.49. The Kier molecular flexibility index (Phi) is 4.77. The molecule has 1 aliphatic rings. The van der Waals surface area contributed by atoms with E-state index in [2.05, 4.69) is 10.3 Å². The summed E-state index contributed by atoms with van der Waals surface area (Å²) in [6, 6.07) is 11.5. The number of aryl methyl sites for hydroxylation is 2. The molecule has 1 aromatic carbocycles. The van der Waals surface area contributed by atoms with E-state index < -0.39 is 0 Å². The number of imidazole rings is 1. The molecule has 1 amide bonds. The summed E-state index contributed by atoms with van der Waals surface area (Å²) in [7, 11) is 1.76. The largest absolute Gasteiger partial charge is 0.333 e. The standard InChI is InChI=1S/C20H23N5O2/c1-23-16-6-2-3-7-17(16)25(20(23)27)11-8-19(26)24-12-10-22-14-18(24)15-5-4-9-21-13-15/h2-7,9,13,18,22H,8,10-12,14H2,1H3. The highest BCUT2D eigenvalue weighted by atomic mass is 16.2. The second-order valence-corrected chi connectivity index (χ2v) is 6.83. The van der Waals surface area contributed by atoms with Crippen LogP contribution in [0, 0.1) is 0 Å². The molecule has 1 atom stereocenters. The predicted octanol–water partition coefficient (Wildman–Crippen LogP) is 1.30. The average molecular weight is 365 g/mol. The number of carbonyl (C=O) groups excluding carboxylic acids is 1. The normalized spacial score (nSPS) is 17.4. The van der Waals surface area contributed by atoms with Crippen LogP contribution < -0.4 is 11.0 Å². The smallest absolute Gasteiger partial charge is 0.328 e. The van der Waals surface area contributed by atoms with Gasteiger partial charge in [0, 0.05) is 52.0 Å². The van der Waals surface area contributed by atoms with Crippen molar-refractivity contribution in [2.24, 2.45) is 7.05 Å². The summed E-state index contributed by atoms with van der Waals surface area (Å²) < 4.78 is 3.32. The Morgan fingerprint density at radius 3 is 2.81 bits per heavy atom. The first kappa shape index (κ1) is 17.5. The van der Waals surface area contributed by atoms with E-state index in [1.807, 2.05) is 47.5 Å². The number of pyridine rings is 1. The number of carbonyl (C=O) groups is 1. The van der Waals surface area contributed by atoms with Gasteiger partial charge in [-0.2, -0.15) is 0 Å². The molecule has 2 aromatic heterocycles. The van der Waals surface area contributed by atoms with Crippen molar-refractivity contribution < 1.29 is 4.79 Å². The lowest BCUT2D eigenvalue weighted by atomic mass is 10.0. The fourth-order valence-electron chi connectivity index (χ4n) is 3.80. The molecular weight excluding hydrogens is 342 g/mol. The number of benzene rings is 1. The summed E-state index contributed by atoms with van der Waals surface area (Å²) in [5.74, 6) is 0.0604. The molecule has 3 aromatic rings. The summed E-state index contributed by atoms with van der Waals surface area (Å²) in [6.07, 6.45) is 3.84. The first-order valence-electron chi connectivity index (χ1n) is 9.21. The molecule has 140 valence electrons. The summed E-state index contributed by atoms with van der Waals surface area (Å²) >= 11 is 0. The Bertz CT molecular complexity index is 1010. The Morgan fingerprint density at radius 1 is 1.22 bits per heavy atom. The maximum absolute atomic E-state index is 13.0. The Labute approximate surface area is 157 Å². The van der Waals surface area contributed by atoms with E-state index in [0.717, 1.165) is 23.1 Å². The minimum absolute atomic E-state index is 0.0239. The molecule has 1 aliphatic heterocycles. The van der Waals surface area contributed by atoms with E-state index in [4.69, 9.17) is 0 Å². The molecule has 1 fully saturated rings. The zero-order valence-electron chi connectivity index (χ0n) is 15.3. The van der Waals surface area contributed by atoms with Gasteiger partial charge in [0.15, 0.2) is 0 Å². The van der Waals surface area contributed by atoms with Gasteiger partial charge in [0.2, 0.25) is 5.91 Å². The molecule has 1 N–H and O–H groups in total. The second kappa shape index (κ2) is 7.36. The van der Waals surface area contributed by atoms with Crippen LogP contribution >= 0.6 is 0 Å². The van der Waals surface area contributed by atoms with Crippen molar-refractivity contribution in [3.8, 4) is 0 Å². The molecule has 0 saturated carbocycles. The van der Waals surface area contributed by atoms with Crippen LogP contribution in [0.15, 0.2) is 53.6 Å². The third kappa shape index (κ3) is 3.26. The van der Waals surface area contributed by atoms with Crippen LogP contribution in [0.1, 0.15) is 18.0 Å². The third-order valence-corrected chi connectivity index (χ3v) is 5.23. The number of amides is 1. The Morgan fingerprint density at radius 2 is 2.04 bits per heavy atom. The van der Waals surface area contributed by atoms with Crippen LogP contribution in [0.3, 0.4) is 0 Å². The van der Waals surface area contributed by atoms with Crippen molar-refractivity contribution in [2.75, 3.05) is 19.6 Å². The average Bonchev–Trinajstić information content (AvgIpc) is 2.97. The highest BCUT2D eigenvalue weighted by Crippen LogP contribution is 2.22. The number of nitrogens with zero attached hydrogens (tertiary/aromatic N) is 4. The summed E-state index contributed by atoms with van der Waals surface area (Å²) in [5.41, 5.74) is 2.68. The molecule has 3 heterocycles. The number of hydrogen-bond acceptors (Lipinski definition) is 4. The molecule has 27 heavy (non-hydrogen) atoms. The summed E-state index contributed by atoms with van der Waals surface area (Å²) in [6.45, 7) is 2.52. The van der Waals surface area contributed by atoms with Crippen molar-refractivity contribution in [1.82, 2.24) is 24.3 Å². The van der Waals surface area contributed by atoms with Gasteiger partial charge in [-0.25, -0.2) is 4.79 Å². The van der Waals surface area contributed by atoms with Crippen molar-refractivity contribution in [1.29, 1.82) is 0 Å². The van der Waals surface area contributed by atoms with Crippen LogP contribution in [0.2, 0.25) is 0 Å². The molecule has 1 saturated heterocycles. The maximum Gasteiger partial charge on any atom is 0.328 e. The number of nitrogens with one attached hydrogen (secondary N) is 1. The van der Waals surface area contributed by atoms with Gasteiger partial charge in [-0.15, -0.1) is 0 Å². The molecule has 0 aliphatic carbocycles. The van der Waals surface area contributed by atoms with Gasteiger partial charge >= 0.3 is 5.69 Å². The van der Waals surface area contributed by atoms with Crippen LogP contribution in [0.4, 0.5) is 0 Å². The molecule has 7 nitrogen and oxygen atoms in total. The highest BCUT2D eigenvalue weighted by molar-refractivity contribution is 5.78. The van der Waals surface area contributed by atoms with Gasteiger partial charge in [-0.1, -0.05) is 18.2 Å². The van der Waals surface area contributed by atoms with E-state index in [1.54, 1.807) is 22.4 Å². The van der Waals surface area contributed by atoms with Crippen LogP contribution in [-0.4, -0.2) is 44.6 Å². The van der Waals surface area contributed by atoms with Crippen LogP contribution in [0.5, 0.6) is 0 Å². The molecule has 4 rings (SSSR count). The van der Waals surface area contributed by atoms with Crippen molar-refractivity contribution in [2.45, 2.75) is 19.0 Å². The highest BCUT2D eigenvalue weighted by Gasteiger charge is 2.28. The fraction of sp³-hybridized carbons (Fsp3) is 0.350. The number of aromatic nitrogens is 3. The van der Waals surface area contributed by atoms with E-state index in [9.17, 15) is 9.59 Å². The zero-order chi connectivity index (χ0) is 18.8. The SMILES string of the molecule is Cn1c(=O)n(CCC(=O)N2CCNCC2c2cccnc2)c2ccccc21. The van der Waals surface area contributed by atoms with E-state index in [0.29, 0.717) is 26.1 Å². The third-order valence-electron chi connectivity index (χ3n) is 5.23. The fourth-order valence-corrected chi connectivity index (χ4v) is 3.80. The molecule has 0 radical (unpaired) electrons. The summed E-state index contributed by atoms with van der Waals surface area (Å²) in [4.78, 5) is 31.6. The minimum atomic E-state index is -0.0897. The van der Waals surface area contributed by atoms with E-state index >= 15 is 0 Å². The van der Waals surface area contributed by atoms with Gasteiger partial charge in [-0.3, -0.25) is 18.9 Å². The summed E-state index contributed by atoms with van der Waals surface area (Å²) in [5, 5.41) is 3.35. The van der Waals surface area contributed by atoms with Crippen molar-refractivity contribution in [3.63, 3.8) is 0 Å². The lowest BCUT2D eigenvalue weighted by Gasteiger charge is -2.36. The number of hydrogen-bond donors (Lipinski definition) is 1. The number of rotatable bonds is 4. The van der Waals surface area contributed by atoms with Crippen LogP contribution in [-0.2, 0) is 18.4 Å². The minimum Gasteiger partial charge on any atom is -0.333 e. The van der Waals surface area contributed by atoms with Gasteiger partial charge in [0.1, 0.15) is 0 Å². The monoisotopic (exact) mass is 365 g/mol. The second-order valence-electron chi connectivity index (χ2n) is 6.83. The number of piperazine rings is 1. The molecule has 1 unspecified atom stereocenters. The Balaban J connectivity index is 1.54. The number of para-hydroxylation sites is 2. The predicted molar refractivity (Wildman–Crippen MR) is 103 cm³/mol. The molecule has 0 bridgehead atoms. The first-order valence-corrected chi connectivity index (χ1v) is 9.21. The Hall–Kier alpha value is -2.93. The maximum atomic E-state index is 13.0. The van der Waals surface area contributed by atoms with Gasteiger partial charge in [-0.05, 0) is 23.8 Å². The van der Waals surface area contributed by atoms with Gasteiger partial charge < -0.3 is 10.2 Å². The van der Waals surface area contributed by atoms with Crippen molar-refractivity contribution >= 4 is 16.9 Å².